The second-order valence-electron chi connectivity index (χ2n) is 7.03. The smallest absolute Gasteiger partial charge is 0.0492 e. The average molecular weight is 263 g/mol. The third kappa shape index (κ3) is 4.61. The lowest BCUT2D eigenvalue weighted by Gasteiger charge is -2.37. The molecule has 0 amide bonds. The highest BCUT2D eigenvalue weighted by Crippen LogP contribution is 2.41. The predicted octanol–water partition coefficient (Wildman–Crippen LogP) is 5.63. The van der Waals surface area contributed by atoms with E-state index in [0.29, 0.717) is 6.04 Å². The molecule has 1 heteroatoms. The van der Waals surface area contributed by atoms with Crippen LogP contribution in [-0.2, 0) is 0 Å². The molecule has 2 aliphatic carbocycles. The summed E-state index contributed by atoms with van der Waals surface area (Å²) in [4.78, 5) is 4.23. The SMILES string of the molecule is C=NC1CCC(C2CCC(CCCCC)CC2)CC1. The van der Waals surface area contributed by atoms with E-state index in [0.717, 1.165) is 17.8 Å². The molecule has 2 saturated carbocycles. The molecular weight excluding hydrogens is 230 g/mol. The van der Waals surface area contributed by atoms with Crippen molar-refractivity contribution in [3.63, 3.8) is 0 Å². The van der Waals surface area contributed by atoms with Crippen LogP contribution in [0, 0.1) is 17.8 Å². The second kappa shape index (κ2) is 8.07. The molecule has 0 aromatic carbocycles. The van der Waals surface area contributed by atoms with Gasteiger partial charge >= 0.3 is 0 Å². The van der Waals surface area contributed by atoms with Crippen LogP contribution in [0.5, 0.6) is 0 Å². The minimum atomic E-state index is 0.585. The first kappa shape index (κ1) is 15.1. The van der Waals surface area contributed by atoms with Crippen LogP contribution in [0.2, 0.25) is 0 Å². The summed E-state index contributed by atoms with van der Waals surface area (Å²) < 4.78 is 0. The summed E-state index contributed by atoms with van der Waals surface area (Å²) in [7, 11) is 0. The van der Waals surface area contributed by atoms with Gasteiger partial charge in [-0.15, -0.1) is 0 Å². The Kier molecular flexibility index (Phi) is 6.40. The maximum Gasteiger partial charge on any atom is 0.0492 e. The number of rotatable bonds is 6. The normalized spacial score (nSPS) is 36.1. The van der Waals surface area contributed by atoms with E-state index in [1.807, 2.05) is 0 Å². The minimum absolute atomic E-state index is 0.585. The van der Waals surface area contributed by atoms with Gasteiger partial charge in [-0.1, -0.05) is 45.4 Å². The fourth-order valence-corrected chi connectivity index (χ4v) is 4.39. The van der Waals surface area contributed by atoms with Gasteiger partial charge in [-0.2, -0.15) is 0 Å². The monoisotopic (exact) mass is 263 g/mol. The van der Waals surface area contributed by atoms with Gasteiger partial charge in [-0.3, -0.25) is 4.99 Å². The van der Waals surface area contributed by atoms with Gasteiger partial charge in [0.15, 0.2) is 0 Å². The molecular formula is C18H33N. The molecule has 0 saturated heterocycles. The summed E-state index contributed by atoms with van der Waals surface area (Å²) in [6.07, 6.45) is 17.4. The van der Waals surface area contributed by atoms with Crippen LogP contribution >= 0.6 is 0 Å². The molecule has 0 N–H and O–H groups in total. The fraction of sp³-hybridized carbons (Fsp3) is 0.944. The van der Waals surface area contributed by atoms with Crippen molar-refractivity contribution in [2.45, 2.75) is 90.0 Å². The first-order valence-corrected chi connectivity index (χ1v) is 8.79. The largest absolute Gasteiger partial charge is 0.298 e. The number of aliphatic imine (C=N–C) groups is 1. The van der Waals surface area contributed by atoms with E-state index < -0.39 is 0 Å². The Morgan fingerprint density at radius 2 is 1.42 bits per heavy atom. The molecule has 0 radical (unpaired) electrons. The summed E-state index contributed by atoms with van der Waals surface area (Å²) in [6, 6.07) is 0.585. The van der Waals surface area contributed by atoms with Gasteiger partial charge < -0.3 is 0 Å². The topological polar surface area (TPSA) is 12.4 Å². The van der Waals surface area contributed by atoms with Gasteiger partial charge in [-0.05, 0) is 63.0 Å². The molecule has 19 heavy (non-hydrogen) atoms. The zero-order chi connectivity index (χ0) is 13.5. The van der Waals surface area contributed by atoms with Crippen LogP contribution in [0.1, 0.15) is 84.0 Å². The molecule has 0 bridgehead atoms. The minimum Gasteiger partial charge on any atom is -0.298 e. The van der Waals surface area contributed by atoms with E-state index in [-0.39, 0.29) is 0 Å². The van der Waals surface area contributed by atoms with Crippen molar-refractivity contribution in [2.75, 3.05) is 0 Å². The molecule has 1 nitrogen and oxygen atoms in total. The van der Waals surface area contributed by atoms with Gasteiger partial charge in [-0.25, -0.2) is 0 Å². The summed E-state index contributed by atoms with van der Waals surface area (Å²) in [5.41, 5.74) is 0. The summed E-state index contributed by atoms with van der Waals surface area (Å²) in [5, 5.41) is 0. The van der Waals surface area contributed by atoms with Gasteiger partial charge in [0.25, 0.3) is 0 Å². The molecule has 0 unspecified atom stereocenters. The Balaban J connectivity index is 1.64. The molecule has 0 aliphatic heterocycles. The van der Waals surface area contributed by atoms with Gasteiger partial charge in [0.1, 0.15) is 0 Å². The van der Waals surface area contributed by atoms with Crippen molar-refractivity contribution in [2.24, 2.45) is 22.7 Å². The number of unbranched alkanes of at least 4 members (excludes halogenated alkanes) is 2. The Morgan fingerprint density at radius 3 is 1.95 bits per heavy atom. The van der Waals surface area contributed by atoms with E-state index >= 15 is 0 Å². The van der Waals surface area contributed by atoms with Crippen molar-refractivity contribution < 1.29 is 0 Å². The van der Waals surface area contributed by atoms with Gasteiger partial charge in [0, 0.05) is 6.04 Å². The Morgan fingerprint density at radius 1 is 0.842 bits per heavy atom. The van der Waals surface area contributed by atoms with E-state index in [9.17, 15) is 0 Å². The first-order chi connectivity index (χ1) is 9.33. The van der Waals surface area contributed by atoms with Crippen LogP contribution in [-0.4, -0.2) is 12.8 Å². The third-order valence-corrected chi connectivity index (χ3v) is 5.77. The Hall–Kier alpha value is -0.330. The van der Waals surface area contributed by atoms with Crippen LogP contribution in [0.25, 0.3) is 0 Å². The number of nitrogens with zero attached hydrogens (tertiary/aromatic N) is 1. The molecule has 0 heterocycles. The lowest BCUT2D eigenvalue weighted by molar-refractivity contribution is 0.156. The Bertz CT molecular complexity index is 244. The molecule has 0 aromatic rings. The van der Waals surface area contributed by atoms with Crippen molar-refractivity contribution in [3.8, 4) is 0 Å². The van der Waals surface area contributed by atoms with Gasteiger partial charge in [0.2, 0.25) is 0 Å². The highest BCUT2D eigenvalue weighted by molar-refractivity contribution is 5.24. The number of hydrogen-bond acceptors (Lipinski definition) is 1. The summed E-state index contributed by atoms with van der Waals surface area (Å²) in [5.74, 6) is 3.14. The Labute approximate surface area is 120 Å². The van der Waals surface area contributed by atoms with Crippen molar-refractivity contribution in [1.82, 2.24) is 0 Å². The maximum atomic E-state index is 4.23. The molecule has 0 atom stereocenters. The van der Waals surface area contributed by atoms with Crippen LogP contribution in [0.4, 0.5) is 0 Å². The lowest BCUT2D eigenvalue weighted by atomic mass is 9.69. The lowest BCUT2D eigenvalue weighted by Crippen LogP contribution is -2.26. The van der Waals surface area contributed by atoms with E-state index in [1.165, 1.54) is 77.0 Å². The molecule has 0 aromatic heterocycles. The highest BCUT2D eigenvalue weighted by atomic mass is 14.7. The first-order valence-electron chi connectivity index (χ1n) is 8.79. The van der Waals surface area contributed by atoms with Crippen LogP contribution < -0.4 is 0 Å². The third-order valence-electron chi connectivity index (χ3n) is 5.77. The van der Waals surface area contributed by atoms with Crippen molar-refractivity contribution in [1.29, 1.82) is 0 Å². The van der Waals surface area contributed by atoms with Crippen molar-refractivity contribution in [3.05, 3.63) is 0 Å². The van der Waals surface area contributed by atoms with Gasteiger partial charge in [0.05, 0.1) is 0 Å². The molecule has 2 fully saturated rings. The molecule has 2 rings (SSSR count). The quantitative estimate of drug-likeness (QED) is 0.435. The predicted molar refractivity (Wildman–Crippen MR) is 84.9 cm³/mol. The standard InChI is InChI=1S/C18H33N/c1-3-4-5-6-15-7-9-16(10-8-15)17-11-13-18(19-2)14-12-17/h15-18H,2-14H2,1H3. The average Bonchev–Trinajstić information content (AvgIpc) is 2.48. The maximum absolute atomic E-state index is 4.23. The highest BCUT2D eigenvalue weighted by Gasteiger charge is 2.30. The molecule has 110 valence electrons. The zero-order valence-corrected chi connectivity index (χ0v) is 12.9. The van der Waals surface area contributed by atoms with Crippen molar-refractivity contribution >= 4 is 6.72 Å². The van der Waals surface area contributed by atoms with Crippen LogP contribution in [0.15, 0.2) is 4.99 Å². The van der Waals surface area contributed by atoms with E-state index in [2.05, 4.69) is 18.6 Å². The van der Waals surface area contributed by atoms with E-state index in [4.69, 9.17) is 0 Å². The zero-order valence-electron chi connectivity index (χ0n) is 12.9. The molecule has 0 spiro atoms. The van der Waals surface area contributed by atoms with Crippen LogP contribution in [0.3, 0.4) is 0 Å². The fourth-order valence-electron chi connectivity index (χ4n) is 4.39. The summed E-state index contributed by atoms with van der Waals surface area (Å²) in [6.45, 7) is 6.03. The van der Waals surface area contributed by atoms with E-state index in [1.54, 1.807) is 0 Å². The summed E-state index contributed by atoms with van der Waals surface area (Å²) >= 11 is 0. The molecule has 2 aliphatic rings. The second-order valence-corrected chi connectivity index (χ2v) is 7.03. The number of hydrogen-bond donors (Lipinski definition) is 0.